The molecule has 1 atom stereocenters. The van der Waals surface area contributed by atoms with Crippen LogP contribution in [-0.4, -0.2) is 26.5 Å². The number of anilines is 1. The average molecular weight is 377 g/mol. The third-order valence-electron chi connectivity index (χ3n) is 3.42. The third-order valence-corrected chi connectivity index (χ3v) is 4.35. The van der Waals surface area contributed by atoms with Gasteiger partial charge in [-0.3, -0.25) is 4.79 Å². The minimum Gasteiger partial charge on any atom is -0.444 e. The van der Waals surface area contributed by atoms with Crippen LogP contribution in [0, 0.1) is 0 Å². The van der Waals surface area contributed by atoms with E-state index in [1.165, 1.54) is 31.2 Å². The van der Waals surface area contributed by atoms with Gasteiger partial charge in [0.05, 0.1) is 16.6 Å². The molecule has 138 valence electrons. The van der Waals surface area contributed by atoms with Crippen molar-refractivity contribution in [1.29, 1.82) is 0 Å². The molecule has 0 aliphatic rings. The Morgan fingerprint density at radius 3 is 2.15 bits per heavy atom. The van der Waals surface area contributed by atoms with E-state index in [1.54, 1.807) is 24.3 Å². The first-order chi connectivity index (χ1) is 12.2. The van der Waals surface area contributed by atoms with Crippen LogP contribution in [0.25, 0.3) is 0 Å². The van der Waals surface area contributed by atoms with E-state index in [4.69, 9.17) is 15.6 Å². The number of nitrogens with two attached hydrogens (primary N) is 2. The van der Waals surface area contributed by atoms with E-state index < -0.39 is 28.1 Å². The lowest BCUT2D eigenvalue weighted by Crippen LogP contribution is -2.46. The molecule has 0 aliphatic heterocycles. The van der Waals surface area contributed by atoms with Crippen LogP contribution in [0.1, 0.15) is 12.5 Å². The van der Waals surface area contributed by atoms with Crippen LogP contribution < -0.4 is 15.8 Å². The van der Waals surface area contributed by atoms with Crippen molar-refractivity contribution in [1.82, 2.24) is 0 Å². The molecule has 26 heavy (non-hydrogen) atoms. The summed E-state index contributed by atoms with van der Waals surface area (Å²) < 4.78 is 27.9. The molecule has 0 unspecified atom stereocenters. The zero-order chi connectivity index (χ0) is 19.3. The maximum atomic E-state index is 12.4. The lowest BCUT2D eigenvalue weighted by Gasteiger charge is -2.22. The molecule has 0 bridgehead atoms. The summed E-state index contributed by atoms with van der Waals surface area (Å²) in [6, 6.07) is 12.9. The number of amides is 2. The number of sulfonamides is 1. The van der Waals surface area contributed by atoms with E-state index in [2.05, 4.69) is 0 Å². The van der Waals surface area contributed by atoms with Crippen molar-refractivity contribution in [2.24, 2.45) is 10.9 Å². The second kappa shape index (κ2) is 8.09. The molecule has 0 saturated heterocycles. The molecule has 0 spiro atoms. The molecule has 0 aromatic heterocycles. The summed E-state index contributed by atoms with van der Waals surface area (Å²) in [7, 11) is -3.89. The average Bonchev–Trinajstić information content (AvgIpc) is 2.60. The molecule has 2 aromatic carbocycles. The highest BCUT2D eigenvalue weighted by Crippen LogP contribution is 2.20. The van der Waals surface area contributed by atoms with Gasteiger partial charge in [-0.2, -0.15) is 0 Å². The first-order valence-corrected chi connectivity index (χ1v) is 9.18. The number of carbonyl (C=O) groups is 2. The molecule has 2 rings (SSSR count). The van der Waals surface area contributed by atoms with Crippen LogP contribution in [0.2, 0.25) is 0 Å². The minimum atomic E-state index is -3.89. The molecule has 2 amide bonds. The fraction of sp³-hybridized carbons (Fsp3) is 0.176. The monoisotopic (exact) mass is 377 g/mol. The Hall–Kier alpha value is -2.75. The highest BCUT2D eigenvalue weighted by molar-refractivity contribution is 7.89. The number of primary sulfonamides is 1. The zero-order valence-electron chi connectivity index (χ0n) is 14.0. The van der Waals surface area contributed by atoms with E-state index in [9.17, 15) is 18.0 Å². The van der Waals surface area contributed by atoms with E-state index in [-0.39, 0.29) is 17.2 Å². The van der Waals surface area contributed by atoms with Crippen LogP contribution in [0.5, 0.6) is 0 Å². The SMILES string of the molecule is C[C@@H](N)C(=O)N(C(=O)OCc1ccccc1)c1ccc(S(N)(=O)=O)cc1. The topological polar surface area (TPSA) is 133 Å². The van der Waals surface area contributed by atoms with Gasteiger partial charge in [0.1, 0.15) is 6.61 Å². The van der Waals surface area contributed by atoms with Crippen molar-refractivity contribution in [3.8, 4) is 0 Å². The van der Waals surface area contributed by atoms with Gasteiger partial charge in [0.25, 0.3) is 5.91 Å². The summed E-state index contributed by atoms with van der Waals surface area (Å²) in [6.07, 6.45) is -0.917. The van der Waals surface area contributed by atoms with Gasteiger partial charge in [-0.1, -0.05) is 30.3 Å². The highest BCUT2D eigenvalue weighted by Gasteiger charge is 2.27. The number of ether oxygens (including phenoxy) is 1. The lowest BCUT2D eigenvalue weighted by molar-refractivity contribution is -0.119. The summed E-state index contributed by atoms with van der Waals surface area (Å²) in [5.41, 5.74) is 6.48. The molecular weight excluding hydrogens is 358 g/mol. The van der Waals surface area contributed by atoms with E-state index in [0.29, 0.717) is 0 Å². The molecular formula is C17H19N3O5S. The van der Waals surface area contributed by atoms with Crippen LogP contribution in [0.3, 0.4) is 0 Å². The van der Waals surface area contributed by atoms with Gasteiger partial charge in [0.15, 0.2) is 0 Å². The fourth-order valence-corrected chi connectivity index (χ4v) is 2.61. The van der Waals surface area contributed by atoms with Gasteiger partial charge >= 0.3 is 6.09 Å². The first-order valence-electron chi connectivity index (χ1n) is 7.63. The Bertz CT molecular complexity index is 880. The van der Waals surface area contributed by atoms with Crippen molar-refractivity contribution < 1.29 is 22.7 Å². The Labute approximate surface area is 151 Å². The predicted molar refractivity (Wildman–Crippen MR) is 95.6 cm³/mol. The van der Waals surface area contributed by atoms with Crippen LogP contribution in [0.4, 0.5) is 10.5 Å². The van der Waals surface area contributed by atoms with Crippen molar-refractivity contribution in [2.45, 2.75) is 24.5 Å². The van der Waals surface area contributed by atoms with Crippen molar-refractivity contribution in [3.63, 3.8) is 0 Å². The largest absolute Gasteiger partial charge is 0.444 e. The quantitative estimate of drug-likeness (QED) is 0.808. The van der Waals surface area contributed by atoms with E-state index in [1.807, 2.05) is 6.07 Å². The Morgan fingerprint density at radius 2 is 1.65 bits per heavy atom. The first kappa shape index (κ1) is 19.6. The smallest absolute Gasteiger partial charge is 0.421 e. The van der Waals surface area contributed by atoms with Gasteiger partial charge < -0.3 is 10.5 Å². The molecule has 4 N–H and O–H groups in total. The molecule has 0 heterocycles. The Kier molecular flexibility index (Phi) is 6.09. The van der Waals surface area contributed by atoms with Crippen molar-refractivity contribution >= 4 is 27.7 Å². The van der Waals surface area contributed by atoms with Crippen molar-refractivity contribution in [2.75, 3.05) is 4.90 Å². The van der Waals surface area contributed by atoms with Gasteiger partial charge in [-0.05, 0) is 36.8 Å². The third kappa shape index (κ3) is 4.88. The van der Waals surface area contributed by atoms with E-state index in [0.717, 1.165) is 10.5 Å². The molecule has 0 aliphatic carbocycles. The van der Waals surface area contributed by atoms with Gasteiger partial charge in [-0.15, -0.1) is 0 Å². The number of imide groups is 1. The zero-order valence-corrected chi connectivity index (χ0v) is 14.8. The summed E-state index contributed by atoms with van der Waals surface area (Å²) in [5, 5.41) is 5.04. The van der Waals surface area contributed by atoms with Crippen LogP contribution in [-0.2, 0) is 26.2 Å². The number of nitrogens with zero attached hydrogens (tertiary/aromatic N) is 1. The lowest BCUT2D eigenvalue weighted by atomic mass is 10.2. The molecule has 0 radical (unpaired) electrons. The van der Waals surface area contributed by atoms with Crippen LogP contribution in [0.15, 0.2) is 59.5 Å². The maximum absolute atomic E-state index is 12.4. The normalized spacial score (nSPS) is 12.3. The number of benzene rings is 2. The molecule has 9 heteroatoms. The number of carbonyl (C=O) groups excluding carboxylic acids is 2. The molecule has 8 nitrogen and oxygen atoms in total. The van der Waals surface area contributed by atoms with Gasteiger partial charge in [0.2, 0.25) is 10.0 Å². The minimum absolute atomic E-state index is 0.0301. The number of hydrogen-bond acceptors (Lipinski definition) is 6. The summed E-state index contributed by atoms with van der Waals surface area (Å²) in [4.78, 5) is 25.4. The molecule has 0 saturated carbocycles. The summed E-state index contributed by atoms with van der Waals surface area (Å²) in [6.45, 7) is 1.40. The predicted octanol–water partition coefficient (Wildman–Crippen LogP) is 1.35. The molecule has 0 fully saturated rings. The van der Waals surface area contributed by atoms with Crippen LogP contribution >= 0.6 is 0 Å². The summed E-state index contributed by atoms with van der Waals surface area (Å²) in [5.74, 6) is -0.689. The standard InChI is InChI=1S/C17H19N3O5S/c1-12(18)16(21)20(14-7-9-15(10-8-14)26(19,23)24)17(22)25-11-13-5-3-2-4-6-13/h2-10,12H,11,18H2,1H3,(H2,19,23,24)/t12-/m1/s1. The van der Waals surface area contributed by atoms with E-state index >= 15 is 0 Å². The molecule has 2 aromatic rings. The number of rotatable bonds is 5. The second-order valence-electron chi connectivity index (χ2n) is 5.54. The summed E-state index contributed by atoms with van der Waals surface area (Å²) >= 11 is 0. The Balaban J connectivity index is 2.25. The second-order valence-corrected chi connectivity index (χ2v) is 7.10. The maximum Gasteiger partial charge on any atom is 0.421 e. The van der Waals surface area contributed by atoms with Crippen molar-refractivity contribution in [3.05, 3.63) is 60.2 Å². The Morgan fingerprint density at radius 1 is 1.08 bits per heavy atom. The highest BCUT2D eigenvalue weighted by atomic mass is 32.2. The number of hydrogen-bond donors (Lipinski definition) is 2. The van der Waals surface area contributed by atoms with Gasteiger partial charge in [-0.25, -0.2) is 23.3 Å². The van der Waals surface area contributed by atoms with Gasteiger partial charge in [0, 0.05) is 0 Å². The fourth-order valence-electron chi connectivity index (χ4n) is 2.10.